The normalized spacial score (nSPS) is 18.4. The third-order valence-corrected chi connectivity index (χ3v) is 6.01. The molecule has 1 aliphatic heterocycles. The van der Waals surface area contributed by atoms with Crippen molar-refractivity contribution in [3.63, 3.8) is 0 Å². The van der Waals surface area contributed by atoms with Gasteiger partial charge in [-0.25, -0.2) is 27.9 Å². The number of ether oxygens (including phenoxy) is 2. The van der Waals surface area contributed by atoms with E-state index in [-0.39, 0.29) is 30.3 Å². The number of rotatable bonds is 8. The molecule has 1 fully saturated rings. The van der Waals surface area contributed by atoms with Crippen molar-refractivity contribution >= 4 is 23.5 Å². The number of carboxylic acids is 1. The number of anilines is 1. The summed E-state index contributed by atoms with van der Waals surface area (Å²) in [6, 6.07) is 5.10. The highest BCUT2D eigenvalue weighted by Crippen LogP contribution is 2.41. The lowest BCUT2D eigenvalue weighted by Crippen LogP contribution is -2.34. The number of amides is 1. The average Bonchev–Trinajstić information content (AvgIpc) is 3.42. The molecule has 2 aromatic heterocycles. The van der Waals surface area contributed by atoms with Gasteiger partial charge in [0.15, 0.2) is 5.65 Å². The first-order valence-electron chi connectivity index (χ1n) is 12.3. The Balaban J connectivity index is 1.53. The molecule has 3 atom stereocenters. The summed E-state index contributed by atoms with van der Waals surface area (Å²) >= 11 is 0. The average molecular weight is 532 g/mol. The zero-order valence-corrected chi connectivity index (χ0v) is 21.6. The smallest absolute Gasteiger partial charge is 0.407 e. The van der Waals surface area contributed by atoms with E-state index in [2.05, 4.69) is 15.4 Å². The molecule has 12 heteroatoms. The van der Waals surface area contributed by atoms with Crippen LogP contribution in [0.25, 0.3) is 5.65 Å². The second-order valence-electron chi connectivity index (χ2n) is 10.2. The molecule has 0 radical (unpaired) electrons. The van der Waals surface area contributed by atoms with Crippen molar-refractivity contribution in [3.05, 3.63) is 53.6 Å². The second-order valence-corrected chi connectivity index (χ2v) is 10.2. The molecule has 4 rings (SSSR count). The van der Waals surface area contributed by atoms with E-state index in [1.54, 1.807) is 37.9 Å². The number of hydrogen-bond donors (Lipinski definition) is 2. The molecule has 10 nitrogen and oxygen atoms in total. The third-order valence-electron chi connectivity index (χ3n) is 6.01. The summed E-state index contributed by atoms with van der Waals surface area (Å²) in [5.74, 6) is -0.949. The zero-order chi connectivity index (χ0) is 27.6. The maximum absolute atomic E-state index is 14.7. The molecule has 1 amide bonds. The fraction of sp³-hybridized carbons (Fsp3) is 0.462. The summed E-state index contributed by atoms with van der Waals surface area (Å²) in [6.45, 7) is 7.44. The summed E-state index contributed by atoms with van der Waals surface area (Å²) in [7, 11) is 0. The molecule has 1 aliphatic rings. The summed E-state index contributed by atoms with van der Waals surface area (Å²) in [6.07, 6.45) is 1.18. The van der Waals surface area contributed by atoms with Crippen LogP contribution >= 0.6 is 0 Å². The Morgan fingerprint density at radius 3 is 2.76 bits per heavy atom. The molecule has 1 saturated heterocycles. The number of aromatic carboxylic acids is 1. The van der Waals surface area contributed by atoms with Gasteiger partial charge in [0, 0.05) is 31.1 Å². The number of alkyl halides is 1. The molecule has 0 spiro atoms. The topological polar surface area (TPSA) is 118 Å². The van der Waals surface area contributed by atoms with Crippen molar-refractivity contribution in [2.45, 2.75) is 64.5 Å². The van der Waals surface area contributed by atoms with Crippen LogP contribution in [-0.2, 0) is 4.74 Å². The highest BCUT2D eigenvalue weighted by Gasteiger charge is 2.36. The number of halogens is 2. The number of aromatic nitrogens is 3. The molecule has 0 unspecified atom stereocenters. The number of alkyl carbamates (subject to hydrolysis) is 1. The molecule has 0 bridgehead atoms. The molecule has 0 saturated carbocycles. The van der Waals surface area contributed by atoms with E-state index < -0.39 is 35.7 Å². The lowest BCUT2D eigenvalue weighted by Gasteiger charge is -2.28. The molecule has 2 N–H and O–H groups in total. The number of fused-ring (bicyclic) bond motifs is 1. The van der Waals surface area contributed by atoms with Gasteiger partial charge in [0.1, 0.15) is 34.7 Å². The van der Waals surface area contributed by atoms with Gasteiger partial charge in [-0.3, -0.25) is 0 Å². The van der Waals surface area contributed by atoms with Crippen molar-refractivity contribution in [1.82, 2.24) is 19.9 Å². The zero-order valence-electron chi connectivity index (χ0n) is 21.6. The van der Waals surface area contributed by atoms with E-state index in [4.69, 9.17) is 9.47 Å². The quantitative estimate of drug-likeness (QED) is 0.435. The molecule has 1 aromatic carbocycles. The van der Waals surface area contributed by atoms with Gasteiger partial charge in [0.05, 0.1) is 24.9 Å². The van der Waals surface area contributed by atoms with E-state index in [1.807, 2.05) is 6.92 Å². The summed E-state index contributed by atoms with van der Waals surface area (Å²) in [4.78, 5) is 29.6. The fourth-order valence-electron chi connectivity index (χ4n) is 4.36. The van der Waals surface area contributed by atoms with Gasteiger partial charge in [-0.2, -0.15) is 5.10 Å². The minimum absolute atomic E-state index is 0.00427. The third kappa shape index (κ3) is 6.29. The highest BCUT2D eigenvalue weighted by atomic mass is 19.1. The molecule has 38 heavy (non-hydrogen) atoms. The van der Waals surface area contributed by atoms with Crippen molar-refractivity contribution in [1.29, 1.82) is 0 Å². The van der Waals surface area contributed by atoms with Crippen molar-refractivity contribution in [2.24, 2.45) is 0 Å². The Labute approximate surface area is 218 Å². The second kappa shape index (κ2) is 10.8. The molecular weight excluding hydrogens is 500 g/mol. The van der Waals surface area contributed by atoms with Crippen LogP contribution in [0.1, 0.15) is 62.5 Å². The molecular formula is C26H31F2N5O5. The highest BCUT2D eigenvalue weighted by molar-refractivity contribution is 5.94. The van der Waals surface area contributed by atoms with E-state index >= 15 is 0 Å². The predicted octanol–water partition coefficient (Wildman–Crippen LogP) is 4.54. The number of nitrogens with zero attached hydrogens (tertiary/aromatic N) is 4. The van der Waals surface area contributed by atoms with Crippen LogP contribution in [0.15, 0.2) is 36.7 Å². The minimum atomic E-state index is -1.21. The van der Waals surface area contributed by atoms with E-state index in [9.17, 15) is 23.5 Å². The predicted molar refractivity (Wildman–Crippen MR) is 135 cm³/mol. The van der Waals surface area contributed by atoms with Gasteiger partial charge in [0.2, 0.25) is 0 Å². The Morgan fingerprint density at radius 2 is 2.05 bits per heavy atom. The van der Waals surface area contributed by atoms with E-state index in [0.717, 1.165) is 0 Å². The maximum Gasteiger partial charge on any atom is 0.407 e. The standard InChI is InChI=1S/C26H31F2N5O5/c1-15(7-9-29-25(36)38-26(2,3)4)37-21-6-5-16(27)11-18(21)20-12-17(28)14-32(20)22-8-10-33-23(31-22)19(13-30-33)24(34)35/h5-6,8,10-11,13,15,17,20H,7,9,12,14H2,1-4H3,(H,29,36)(H,34,35)/t15-,17-,20+/m0/s1. The number of benzene rings is 1. The summed E-state index contributed by atoms with van der Waals surface area (Å²) in [5, 5.41) is 16.1. The van der Waals surface area contributed by atoms with Crippen LogP contribution in [0.5, 0.6) is 5.75 Å². The number of carboxylic acid groups (broad SMARTS) is 1. The fourth-order valence-corrected chi connectivity index (χ4v) is 4.36. The lowest BCUT2D eigenvalue weighted by atomic mass is 10.0. The Bertz CT molecular complexity index is 1330. The molecule has 0 aliphatic carbocycles. The van der Waals surface area contributed by atoms with Crippen LogP contribution in [0.3, 0.4) is 0 Å². The van der Waals surface area contributed by atoms with Crippen LogP contribution in [-0.4, -0.2) is 62.7 Å². The van der Waals surface area contributed by atoms with Crippen LogP contribution < -0.4 is 15.0 Å². The van der Waals surface area contributed by atoms with E-state index in [1.165, 1.54) is 28.9 Å². The Hall–Kier alpha value is -3.96. The Kier molecular flexibility index (Phi) is 7.70. The van der Waals surface area contributed by atoms with Crippen molar-refractivity contribution in [2.75, 3.05) is 18.0 Å². The monoisotopic (exact) mass is 531 g/mol. The number of carbonyl (C=O) groups excluding carboxylic acids is 1. The SMILES string of the molecule is C[C@@H](CCNC(=O)OC(C)(C)C)Oc1ccc(F)cc1[C@H]1C[C@H](F)CN1c1ccn2ncc(C(=O)O)c2n1. The van der Waals surface area contributed by atoms with Crippen molar-refractivity contribution in [3.8, 4) is 5.75 Å². The van der Waals surface area contributed by atoms with Gasteiger partial charge in [0.25, 0.3) is 0 Å². The number of hydrogen-bond acceptors (Lipinski definition) is 7. The van der Waals surface area contributed by atoms with Gasteiger partial charge in [-0.15, -0.1) is 0 Å². The number of carbonyl (C=O) groups is 2. The van der Waals surface area contributed by atoms with Crippen LogP contribution in [0.4, 0.5) is 19.4 Å². The van der Waals surface area contributed by atoms with Crippen LogP contribution in [0.2, 0.25) is 0 Å². The van der Waals surface area contributed by atoms with Gasteiger partial charge < -0.3 is 24.8 Å². The maximum atomic E-state index is 14.7. The van der Waals surface area contributed by atoms with Gasteiger partial charge >= 0.3 is 12.1 Å². The number of nitrogens with one attached hydrogen (secondary N) is 1. The van der Waals surface area contributed by atoms with Crippen LogP contribution in [0, 0.1) is 5.82 Å². The van der Waals surface area contributed by atoms with Gasteiger partial charge in [-0.05, 0) is 52.0 Å². The molecule has 3 aromatic rings. The first-order valence-corrected chi connectivity index (χ1v) is 12.3. The van der Waals surface area contributed by atoms with E-state index in [0.29, 0.717) is 30.1 Å². The van der Waals surface area contributed by atoms with Crippen molar-refractivity contribution < 1.29 is 33.0 Å². The van der Waals surface area contributed by atoms with Gasteiger partial charge in [-0.1, -0.05) is 0 Å². The lowest BCUT2D eigenvalue weighted by molar-refractivity contribution is 0.0521. The Morgan fingerprint density at radius 1 is 1.29 bits per heavy atom. The summed E-state index contributed by atoms with van der Waals surface area (Å²) in [5.41, 5.74) is -0.116. The first kappa shape index (κ1) is 27.1. The molecule has 204 valence electrons. The first-order chi connectivity index (χ1) is 17.9. The largest absolute Gasteiger partial charge is 0.490 e. The molecule has 3 heterocycles. The summed E-state index contributed by atoms with van der Waals surface area (Å²) < 4.78 is 41.8. The minimum Gasteiger partial charge on any atom is -0.490 e.